The normalized spacial score (nSPS) is 11.3. The van der Waals surface area contributed by atoms with Crippen LogP contribution in [0.2, 0.25) is 0 Å². The molecule has 0 aliphatic rings. The van der Waals surface area contributed by atoms with E-state index in [4.69, 9.17) is 0 Å². The monoisotopic (exact) mass is 291 g/mol. The quantitative estimate of drug-likeness (QED) is 0.854. The molecular formula is C15H17NO3S. The number of anilines is 1. The van der Waals surface area contributed by atoms with Gasteiger partial charge in [0.15, 0.2) is 0 Å². The zero-order chi connectivity index (χ0) is 14.9. The fourth-order valence-electron chi connectivity index (χ4n) is 1.81. The van der Waals surface area contributed by atoms with Crippen LogP contribution in [0.1, 0.15) is 16.7 Å². The van der Waals surface area contributed by atoms with Gasteiger partial charge in [-0.05, 0) is 61.7 Å². The Morgan fingerprint density at radius 2 is 1.65 bits per heavy atom. The van der Waals surface area contributed by atoms with Crippen molar-refractivity contribution in [2.45, 2.75) is 25.7 Å². The first-order chi connectivity index (χ1) is 9.29. The smallest absolute Gasteiger partial charge is 0.262 e. The van der Waals surface area contributed by atoms with Crippen LogP contribution in [0.25, 0.3) is 0 Å². The van der Waals surface area contributed by atoms with Gasteiger partial charge >= 0.3 is 0 Å². The second kappa shape index (κ2) is 5.17. The van der Waals surface area contributed by atoms with Gasteiger partial charge in [0, 0.05) is 0 Å². The molecule has 0 aliphatic carbocycles. The Morgan fingerprint density at radius 3 is 2.25 bits per heavy atom. The van der Waals surface area contributed by atoms with E-state index in [0.29, 0.717) is 0 Å². The molecule has 2 aromatic rings. The zero-order valence-electron chi connectivity index (χ0n) is 11.6. The Labute approximate surface area is 119 Å². The van der Waals surface area contributed by atoms with Crippen molar-refractivity contribution in [2.75, 3.05) is 4.72 Å². The number of phenols is 1. The number of aromatic hydroxyl groups is 1. The molecule has 20 heavy (non-hydrogen) atoms. The SMILES string of the molecule is Cc1ccc(NS(=O)(=O)c2ccc(C)c(C)c2)c(O)c1. The molecule has 4 nitrogen and oxygen atoms in total. The summed E-state index contributed by atoms with van der Waals surface area (Å²) in [5.74, 6) is -0.0857. The zero-order valence-corrected chi connectivity index (χ0v) is 12.5. The predicted molar refractivity (Wildman–Crippen MR) is 79.6 cm³/mol. The average Bonchev–Trinajstić information content (AvgIpc) is 2.36. The molecule has 0 radical (unpaired) electrons. The molecule has 0 amide bonds. The van der Waals surface area contributed by atoms with E-state index in [1.54, 1.807) is 30.3 Å². The van der Waals surface area contributed by atoms with Gasteiger partial charge in [0.05, 0.1) is 10.6 Å². The van der Waals surface area contributed by atoms with Crippen molar-refractivity contribution in [1.29, 1.82) is 0 Å². The summed E-state index contributed by atoms with van der Waals surface area (Å²) in [5.41, 5.74) is 2.97. The summed E-state index contributed by atoms with van der Waals surface area (Å²) in [7, 11) is -3.70. The lowest BCUT2D eigenvalue weighted by atomic mass is 10.1. The summed E-state index contributed by atoms with van der Waals surface area (Å²) in [6.07, 6.45) is 0. The van der Waals surface area contributed by atoms with Crippen molar-refractivity contribution < 1.29 is 13.5 Å². The van der Waals surface area contributed by atoms with Gasteiger partial charge in [0.2, 0.25) is 0 Å². The molecule has 2 rings (SSSR count). The lowest BCUT2D eigenvalue weighted by Crippen LogP contribution is -2.13. The number of hydrogen-bond acceptors (Lipinski definition) is 3. The molecule has 0 aliphatic heterocycles. The molecule has 0 fully saturated rings. The van der Waals surface area contributed by atoms with Gasteiger partial charge in [-0.1, -0.05) is 12.1 Å². The van der Waals surface area contributed by atoms with Crippen molar-refractivity contribution in [3.8, 4) is 5.75 Å². The van der Waals surface area contributed by atoms with Crippen molar-refractivity contribution >= 4 is 15.7 Å². The third-order valence-electron chi connectivity index (χ3n) is 3.19. The number of rotatable bonds is 3. The second-order valence-corrected chi connectivity index (χ2v) is 6.55. The Balaban J connectivity index is 2.38. The van der Waals surface area contributed by atoms with Gasteiger partial charge in [-0.3, -0.25) is 4.72 Å². The summed E-state index contributed by atoms with van der Waals surface area (Å²) in [6.45, 7) is 5.60. The third-order valence-corrected chi connectivity index (χ3v) is 4.55. The van der Waals surface area contributed by atoms with Crippen LogP contribution in [0, 0.1) is 20.8 Å². The number of aryl methyl sites for hydroxylation is 3. The lowest BCUT2D eigenvalue weighted by molar-refractivity contribution is 0.477. The highest BCUT2D eigenvalue weighted by Crippen LogP contribution is 2.27. The van der Waals surface area contributed by atoms with Gasteiger partial charge in [-0.15, -0.1) is 0 Å². The van der Waals surface area contributed by atoms with E-state index < -0.39 is 10.0 Å². The summed E-state index contributed by atoms with van der Waals surface area (Å²) in [5, 5.41) is 9.77. The van der Waals surface area contributed by atoms with Crippen LogP contribution in [0.5, 0.6) is 5.75 Å². The second-order valence-electron chi connectivity index (χ2n) is 4.87. The highest BCUT2D eigenvalue weighted by molar-refractivity contribution is 7.92. The summed E-state index contributed by atoms with van der Waals surface area (Å²) in [6, 6.07) is 9.72. The number of nitrogens with one attached hydrogen (secondary N) is 1. The molecule has 0 unspecified atom stereocenters. The van der Waals surface area contributed by atoms with Crippen LogP contribution >= 0.6 is 0 Å². The standard InChI is InChI=1S/C15H17NO3S/c1-10-4-7-14(15(17)8-10)16-20(18,19)13-6-5-11(2)12(3)9-13/h4-9,16-17H,1-3H3. The van der Waals surface area contributed by atoms with E-state index in [-0.39, 0.29) is 16.3 Å². The van der Waals surface area contributed by atoms with E-state index in [1.807, 2.05) is 20.8 Å². The maximum absolute atomic E-state index is 12.3. The van der Waals surface area contributed by atoms with Crippen LogP contribution in [0.15, 0.2) is 41.3 Å². The molecule has 106 valence electrons. The molecular weight excluding hydrogens is 274 g/mol. The predicted octanol–water partition coefficient (Wildman–Crippen LogP) is 3.12. The van der Waals surface area contributed by atoms with Crippen LogP contribution in [-0.4, -0.2) is 13.5 Å². The molecule has 0 saturated heterocycles. The molecule has 2 aromatic carbocycles. The minimum absolute atomic E-state index is 0.0857. The summed E-state index contributed by atoms with van der Waals surface area (Å²) in [4.78, 5) is 0.181. The van der Waals surface area contributed by atoms with Crippen LogP contribution < -0.4 is 4.72 Å². The Kier molecular flexibility index (Phi) is 3.72. The van der Waals surface area contributed by atoms with E-state index >= 15 is 0 Å². The third kappa shape index (κ3) is 2.93. The molecule has 2 N–H and O–H groups in total. The Bertz CT molecular complexity index is 752. The van der Waals surface area contributed by atoms with Crippen LogP contribution in [0.4, 0.5) is 5.69 Å². The van der Waals surface area contributed by atoms with Crippen molar-refractivity contribution in [3.05, 3.63) is 53.1 Å². The first kappa shape index (κ1) is 14.4. The summed E-state index contributed by atoms with van der Waals surface area (Å²) >= 11 is 0. The van der Waals surface area contributed by atoms with E-state index in [0.717, 1.165) is 16.7 Å². The van der Waals surface area contributed by atoms with E-state index in [1.165, 1.54) is 6.07 Å². The fourth-order valence-corrected chi connectivity index (χ4v) is 2.97. The van der Waals surface area contributed by atoms with Crippen molar-refractivity contribution in [1.82, 2.24) is 0 Å². The van der Waals surface area contributed by atoms with Gasteiger partial charge in [-0.2, -0.15) is 0 Å². The van der Waals surface area contributed by atoms with Crippen LogP contribution in [-0.2, 0) is 10.0 Å². The van der Waals surface area contributed by atoms with Gasteiger partial charge < -0.3 is 5.11 Å². The fraction of sp³-hybridized carbons (Fsp3) is 0.200. The van der Waals surface area contributed by atoms with Gasteiger partial charge in [0.25, 0.3) is 10.0 Å². The number of sulfonamides is 1. The minimum Gasteiger partial charge on any atom is -0.506 e. The first-order valence-electron chi connectivity index (χ1n) is 6.19. The van der Waals surface area contributed by atoms with E-state index in [2.05, 4.69) is 4.72 Å². The number of hydrogen-bond donors (Lipinski definition) is 2. The maximum atomic E-state index is 12.3. The minimum atomic E-state index is -3.70. The highest BCUT2D eigenvalue weighted by Gasteiger charge is 2.16. The maximum Gasteiger partial charge on any atom is 0.262 e. The largest absolute Gasteiger partial charge is 0.506 e. The van der Waals surface area contributed by atoms with Crippen molar-refractivity contribution in [2.24, 2.45) is 0 Å². The van der Waals surface area contributed by atoms with Gasteiger partial charge in [0.1, 0.15) is 5.75 Å². The number of phenolic OH excluding ortho intramolecular Hbond substituents is 1. The Morgan fingerprint density at radius 1 is 0.950 bits per heavy atom. The molecule has 0 spiro atoms. The molecule has 0 bridgehead atoms. The van der Waals surface area contributed by atoms with Gasteiger partial charge in [-0.25, -0.2) is 8.42 Å². The van der Waals surface area contributed by atoms with E-state index in [9.17, 15) is 13.5 Å². The lowest BCUT2D eigenvalue weighted by Gasteiger charge is -2.11. The molecule has 0 atom stereocenters. The summed E-state index contributed by atoms with van der Waals surface area (Å²) < 4.78 is 27.0. The molecule has 0 aromatic heterocycles. The average molecular weight is 291 g/mol. The molecule has 5 heteroatoms. The van der Waals surface area contributed by atoms with Crippen molar-refractivity contribution in [3.63, 3.8) is 0 Å². The van der Waals surface area contributed by atoms with Crippen LogP contribution in [0.3, 0.4) is 0 Å². The topological polar surface area (TPSA) is 66.4 Å². The highest BCUT2D eigenvalue weighted by atomic mass is 32.2. The molecule has 0 saturated carbocycles. The Hall–Kier alpha value is -2.01. The number of benzene rings is 2. The molecule has 0 heterocycles. The first-order valence-corrected chi connectivity index (χ1v) is 7.67.